The molecule has 0 aromatic carbocycles. The Morgan fingerprint density at radius 1 is 1.29 bits per heavy atom. The Kier molecular flexibility index (Phi) is 1.78. The van der Waals surface area contributed by atoms with Gasteiger partial charge in [-0.1, -0.05) is 0 Å². The van der Waals surface area contributed by atoms with Crippen LogP contribution in [0.5, 0.6) is 0 Å². The fourth-order valence-electron chi connectivity index (χ4n) is 0.209. The maximum absolute atomic E-state index is 5.07. The molecule has 4 nitrogen and oxygen atoms in total. The monoisotopic (exact) mass is 104 g/mol. The van der Waals surface area contributed by atoms with Crippen molar-refractivity contribution >= 4 is 0 Å². The maximum atomic E-state index is 5.07. The molecule has 0 unspecified atom stereocenters. The maximum Gasteiger partial charge on any atom is 0.138 e. The van der Waals surface area contributed by atoms with E-state index in [0.717, 1.165) is 0 Å². The Labute approximate surface area is 39.3 Å². The number of rotatable bonds is 0. The average Bonchev–Trinajstić information content (AvgIpc) is 1.86. The van der Waals surface area contributed by atoms with Crippen LogP contribution in [-0.2, 0) is 0 Å². The quantitative estimate of drug-likeness (QED) is 0.436. The molecule has 0 aliphatic carbocycles. The van der Waals surface area contributed by atoms with Crippen LogP contribution in [0.25, 0.3) is 0 Å². The van der Waals surface area contributed by atoms with Gasteiger partial charge in [0.2, 0.25) is 0 Å². The predicted octanol–water partition coefficient (Wildman–Crippen LogP) is -0.856. The molecule has 7 heavy (non-hydrogen) atoms. The number of nitrogens with two attached hydrogens (primary N) is 1. The van der Waals surface area contributed by atoms with Gasteiger partial charge >= 0.3 is 0 Å². The number of nitrogens with zero attached hydrogens (tertiary/aromatic N) is 3. The normalized spacial score (nSPS) is 7.43. The molecule has 5 heteroatoms. The lowest BCUT2D eigenvalue weighted by Crippen LogP contribution is -2.02. The summed E-state index contributed by atoms with van der Waals surface area (Å²) in [6, 6.07) is 0. The molecule has 1 rings (SSSR count). The van der Waals surface area contributed by atoms with Crippen LogP contribution in [-0.4, -0.2) is 14.9 Å². The molecule has 0 aliphatic rings. The SMILES string of the molecule is F.Nn1cnnc1. The fourth-order valence-corrected chi connectivity index (χ4v) is 0.209. The molecule has 1 heterocycles. The summed E-state index contributed by atoms with van der Waals surface area (Å²) in [4.78, 5) is 0. The van der Waals surface area contributed by atoms with Gasteiger partial charge < -0.3 is 5.84 Å². The van der Waals surface area contributed by atoms with Gasteiger partial charge in [-0.05, 0) is 0 Å². The zero-order valence-electron chi connectivity index (χ0n) is 3.48. The Balaban J connectivity index is 0.000000360. The van der Waals surface area contributed by atoms with E-state index in [1.165, 1.54) is 17.3 Å². The molecule has 0 spiro atoms. The zero-order chi connectivity index (χ0) is 4.41. The Morgan fingerprint density at radius 2 is 1.71 bits per heavy atom. The van der Waals surface area contributed by atoms with Gasteiger partial charge in [-0.3, -0.25) is 4.70 Å². The third-order valence-corrected chi connectivity index (χ3v) is 0.437. The van der Waals surface area contributed by atoms with Gasteiger partial charge in [0.1, 0.15) is 12.7 Å². The molecule has 0 aliphatic heterocycles. The molecule has 0 atom stereocenters. The highest BCUT2D eigenvalue weighted by atomic mass is 19.0. The van der Waals surface area contributed by atoms with E-state index in [9.17, 15) is 0 Å². The first-order valence-electron chi connectivity index (χ1n) is 1.49. The lowest BCUT2D eigenvalue weighted by Gasteiger charge is -1.76. The summed E-state index contributed by atoms with van der Waals surface area (Å²) in [6.07, 6.45) is 2.83. The van der Waals surface area contributed by atoms with Gasteiger partial charge in [0.25, 0.3) is 0 Å². The number of nitrogen functional groups attached to an aromatic ring is 1. The van der Waals surface area contributed by atoms with E-state index >= 15 is 0 Å². The Bertz CT molecular complexity index is 113. The minimum atomic E-state index is 0. The highest BCUT2D eigenvalue weighted by Crippen LogP contribution is 1.61. The Morgan fingerprint density at radius 3 is 1.86 bits per heavy atom. The molecule has 0 radical (unpaired) electrons. The van der Waals surface area contributed by atoms with Crippen LogP contribution in [0, 0.1) is 0 Å². The first kappa shape index (κ1) is 5.87. The number of hydrogen-bond donors (Lipinski definition) is 1. The van der Waals surface area contributed by atoms with Gasteiger partial charge in [0.05, 0.1) is 0 Å². The van der Waals surface area contributed by atoms with Gasteiger partial charge in [-0.2, -0.15) is 0 Å². The first-order valence-corrected chi connectivity index (χ1v) is 1.49. The highest BCUT2D eigenvalue weighted by Gasteiger charge is 1.71. The summed E-state index contributed by atoms with van der Waals surface area (Å²) >= 11 is 0. The van der Waals surface area contributed by atoms with E-state index in [2.05, 4.69) is 10.2 Å². The second-order valence-corrected chi connectivity index (χ2v) is 0.909. The van der Waals surface area contributed by atoms with E-state index in [1.54, 1.807) is 0 Å². The van der Waals surface area contributed by atoms with Crippen molar-refractivity contribution < 1.29 is 4.70 Å². The van der Waals surface area contributed by atoms with Crippen LogP contribution in [0.15, 0.2) is 12.7 Å². The van der Waals surface area contributed by atoms with Crippen molar-refractivity contribution in [3.63, 3.8) is 0 Å². The zero-order valence-corrected chi connectivity index (χ0v) is 3.48. The third-order valence-electron chi connectivity index (χ3n) is 0.437. The van der Waals surface area contributed by atoms with Gasteiger partial charge in [0.15, 0.2) is 0 Å². The lowest BCUT2D eigenvalue weighted by molar-refractivity contribution is 0.997. The number of aromatic nitrogens is 3. The van der Waals surface area contributed by atoms with Crippen molar-refractivity contribution in [3.05, 3.63) is 12.7 Å². The fraction of sp³-hybridized carbons (Fsp3) is 0. The minimum Gasteiger partial charge on any atom is -0.337 e. The van der Waals surface area contributed by atoms with E-state index in [1.807, 2.05) is 0 Å². The molecule has 40 valence electrons. The molecule has 0 fully saturated rings. The largest absolute Gasteiger partial charge is 0.337 e. The summed E-state index contributed by atoms with van der Waals surface area (Å²) in [6.45, 7) is 0. The van der Waals surface area contributed by atoms with Crippen LogP contribution in [0.4, 0.5) is 4.70 Å². The van der Waals surface area contributed by atoms with Gasteiger partial charge in [0, 0.05) is 0 Å². The van der Waals surface area contributed by atoms with Gasteiger partial charge in [-0.15, -0.1) is 10.2 Å². The molecule has 0 saturated heterocycles. The first-order chi connectivity index (χ1) is 2.89. The minimum absolute atomic E-state index is 0. The molecular weight excluding hydrogens is 99.0 g/mol. The van der Waals surface area contributed by atoms with Crippen molar-refractivity contribution in [1.82, 2.24) is 14.9 Å². The van der Waals surface area contributed by atoms with Crippen LogP contribution >= 0.6 is 0 Å². The molecule has 0 amide bonds. The smallest absolute Gasteiger partial charge is 0.138 e. The number of halogens is 1. The van der Waals surface area contributed by atoms with Crippen LogP contribution < -0.4 is 5.84 Å². The molecule has 1 aromatic rings. The van der Waals surface area contributed by atoms with Crippen molar-refractivity contribution in [2.75, 3.05) is 5.84 Å². The Hall–Kier alpha value is -1.13. The second kappa shape index (κ2) is 2.12. The average molecular weight is 104 g/mol. The molecular formula is C2H5FN4. The predicted molar refractivity (Wildman–Crippen MR) is 22.7 cm³/mol. The summed E-state index contributed by atoms with van der Waals surface area (Å²) in [5, 5.41) is 6.82. The van der Waals surface area contributed by atoms with Crippen molar-refractivity contribution in [2.24, 2.45) is 0 Å². The summed E-state index contributed by atoms with van der Waals surface area (Å²) in [7, 11) is 0. The standard InChI is InChI=1S/C2H4N4.FH/c3-6-1-4-5-2-6;/h1-2H,3H2;1H. The van der Waals surface area contributed by atoms with Crippen LogP contribution in [0.3, 0.4) is 0 Å². The summed E-state index contributed by atoms with van der Waals surface area (Å²) in [5.41, 5.74) is 0. The lowest BCUT2D eigenvalue weighted by atomic mass is 11.3. The van der Waals surface area contributed by atoms with Crippen molar-refractivity contribution in [1.29, 1.82) is 0 Å². The van der Waals surface area contributed by atoms with E-state index in [0.29, 0.717) is 0 Å². The van der Waals surface area contributed by atoms with Crippen LogP contribution in [0.1, 0.15) is 0 Å². The van der Waals surface area contributed by atoms with E-state index in [4.69, 9.17) is 5.84 Å². The van der Waals surface area contributed by atoms with E-state index < -0.39 is 0 Å². The van der Waals surface area contributed by atoms with Crippen LogP contribution in [0.2, 0.25) is 0 Å². The van der Waals surface area contributed by atoms with Crippen molar-refractivity contribution in [3.8, 4) is 0 Å². The van der Waals surface area contributed by atoms with E-state index in [-0.39, 0.29) is 4.70 Å². The molecule has 1 aromatic heterocycles. The topological polar surface area (TPSA) is 56.7 Å². The number of hydrogen-bond acceptors (Lipinski definition) is 3. The molecule has 0 bridgehead atoms. The summed E-state index contributed by atoms with van der Waals surface area (Å²) in [5.74, 6) is 5.07. The molecule has 2 N–H and O–H groups in total. The third kappa shape index (κ3) is 1.16. The highest BCUT2D eigenvalue weighted by molar-refractivity contribution is 4.55. The molecule has 0 saturated carbocycles. The second-order valence-electron chi connectivity index (χ2n) is 0.909. The summed E-state index contributed by atoms with van der Waals surface area (Å²) < 4.78 is 1.28. The van der Waals surface area contributed by atoms with Crippen molar-refractivity contribution in [2.45, 2.75) is 0 Å². The van der Waals surface area contributed by atoms with Gasteiger partial charge in [-0.25, -0.2) is 4.68 Å².